The minimum Gasteiger partial charge on any atom is -0.372 e. The van der Waals surface area contributed by atoms with Gasteiger partial charge in [0.2, 0.25) is 5.13 Å². The number of aromatic nitrogens is 1. The summed E-state index contributed by atoms with van der Waals surface area (Å²) in [5.41, 5.74) is 11.7. The summed E-state index contributed by atoms with van der Waals surface area (Å²) in [7, 11) is 0. The van der Waals surface area contributed by atoms with Crippen LogP contribution in [0.15, 0.2) is 84.2 Å². The second-order valence-electron chi connectivity index (χ2n) is 7.80. The number of hydrazine groups is 1. The number of carbonyl (C=O) groups excluding carboxylic acids is 1. The molecule has 0 aliphatic carbocycles. The number of rotatable bonds is 6. The molecule has 5 nitrogen and oxygen atoms in total. The normalized spacial score (nSPS) is 13.2. The Hall–Kier alpha value is -3.64. The van der Waals surface area contributed by atoms with E-state index < -0.39 is 0 Å². The number of hydrogen-bond acceptors (Lipinski definition) is 5. The highest BCUT2D eigenvalue weighted by molar-refractivity contribution is 7.14. The molecule has 1 aliphatic rings. The predicted molar refractivity (Wildman–Crippen MR) is 132 cm³/mol. The lowest BCUT2D eigenvalue weighted by Gasteiger charge is -2.17. The van der Waals surface area contributed by atoms with Crippen molar-refractivity contribution in [1.29, 1.82) is 0 Å². The molecule has 4 aromatic rings. The monoisotopic (exact) mass is 440 g/mol. The van der Waals surface area contributed by atoms with Crippen molar-refractivity contribution in [2.75, 3.05) is 23.4 Å². The van der Waals surface area contributed by atoms with Gasteiger partial charge in [-0.2, -0.15) is 0 Å². The zero-order valence-corrected chi connectivity index (χ0v) is 18.4. The predicted octanol–water partition coefficient (Wildman–Crippen LogP) is 5.83. The summed E-state index contributed by atoms with van der Waals surface area (Å²) in [5, 5.41) is 2.64. The van der Waals surface area contributed by atoms with Gasteiger partial charge < -0.3 is 4.90 Å². The summed E-state index contributed by atoms with van der Waals surface area (Å²) in [5.74, 6) is -0.198. The number of carbonyl (C=O) groups is 1. The first-order valence-electron chi connectivity index (χ1n) is 10.8. The van der Waals surface area contributed by atoms with Gasteiger partial charge in [0.05, 0.1) is 5.69 Å². The summed E-state index contributed by atoms with van der Waals surface area (Å²) < 4.78 is 0. The molecule has 6 heteroatoms. The zero-order valence-electron chi connectivity index (χ0n) is 17.6. The number of benzene rings is 3. The van der Waals surface area contributed by atoms with Crippen molar-refractivity contribution < 1.29 is 4.79 Å². The standard InChI is InChI=1S/C26H24N4OS/c31-25(22-10-8-20(9-11-22)19-6-2-1-3-7-19)28-29-26-27-24(18-32-26)21-12-14-23(15-13-21)30-16-4-5-17-30/h1-3,6-15,18H,4-5,16-17H2,(H,27,29)(H,28,31). The van der Waals surface area contributed by atoms with Crippen LogP contribution in [0.4, 0.5) is 10.8 Å². The van der Waals surface area contributed by atoms with Gasteiger partial charge in [0, 0.05) is 35.3 Å². The van der Waals surface area contributed by atoms with Crippen LogP contribution < -0.4 is 15.8 Å². The molecule has 1 aliphatic heterocycles. The Morgan fingerprint density at radius 2 is 1.47 bits per heavy atom. The maximum Gasteiger partial charge on any atom is 0.269 e. The van der Waals surface area contributed by atoms with Gasteiger partial charge in [0.1, 0.15) is 0 Å². The van der Waals surface area contributed by atoms with Crippen molar-refractivity contribution in [3.8, 4) is 22.4 Å². The van der Waals surface area contributed by atoms with E-state index in [-0.39, 0.29) is 5.91 Å². The Balaban J connectivity index is 1.19. The molecule has 2 heterocycles. The van der Waals surface area contributed by atoms with Crippen LogP contribution >= 0.6 is 11.3 Å². The van der Waals surface area contributed by atoms with Crippen LogP contribution in [0.1, 0.15) is 23.2 Å². The smallest absolute Gasteiger partial charge is 0.269 e. The fourth-order valence-electron chi connectivity index (χ4n) is 3.91. The van der Waals surface area contributed by atoms with Gasteiger partial charge in [0.15, 0.2) is 0 Å². The molecule has 0 spiro atoms. The van der Waals surface area contributed by atoms with Gasteiger partial charge >= 0.3 is 0 Å². The Labute approximate surface area is 191 Å². The maximum absolute atomic E-state index is 12.5. The number of nitrogens with one attached hydrogen (secondary N) is 2. The van der Waals surface area contributed by atoms with Crippen molar-refractivity contribution in [3.05, 3.63) is 89.8 Å². The molecule has 1 aromatic heterocycles. The minimum atomic E-state index is -0.198. The topological polar surface area (TPSA) is 57.3 Å². The number of thiazole rings is 1. The van der Waals surface area contributed by atoms with E-state index in [0.29, 0.717) is 10.7 Å². The van der Waals surface area contributed by atoms with E-state index in [1.165, 1.54) is 29.9 Å². The van der Waals surface area contributed by atoms with Crippen molar-refractivity contribution in [3.63, 3.8) is 0 Å². The van der Waals surface area contributed by atoms with Crippen molar-refractivity contribution in [2.45, 2.75) is 12.8 Å². The third-order valence-corrected chi connectivity index (χ3v) is 6.43. The molecule has 0 radical (unpaired) electrons. The van der Waals surface area contributed by atoms with E-state index in [1.54, 1.807) is 0 Å². The molecular weight excluding hydrogens is 416 g/mol. The van der Waals surface area contributed by atoms with Gasteiger partial charge in [-0.05, 0) is 48.2 Å². The van der Waals surface area contributed by atoms with Crippen LogP contribution in [-0.2, 0) is 0 Å². The van der Waals surface area contributed by atoms with Crippen LogP contribution in [0.5, 0.6) is 0 Å². The van der Waals surface area contributed by atoms with E-state index in [1.807, 2.05) is 47.8 Å². The van der Waals surface area contributed by atoms with Gasteiger partial charge in [-0.1, -0.05) is 54.6 Å². The molecule has 1 fully saturated rings. The summed E-state index contributed by atoms with van der Waals surface area (Å²) >= 11 is 1.46. The summed E-state index contributed by atoms with van der Waals surface area (Å²) in [6.45, 7) is 2.28. The van der Waals surface area contributed by atoms with Gasteiger partial charge in [-0.15, -0.1) is 11.3 Å². The zero-order chi connectivity index (χ0) is 21.8. The quantitative estimate of drug-likeness (QED) is 0.370. The highest BCUT2D eigenvalue weighted by atomic mass is 32.1. The molecule has 5 rings (SSSR count). The van der Waals surface area contributed by atoms with Gasteiger partial charge in [0.25, 0.3) is 5.91 Å². The summed E-state index contributed by atoms with van der Waals surface area (Å²) in [6, 6.07) is 26.2. The van der Waals surface area contributed by atoms with Crippen LogP contribution in [0, 0.1) is 0 Å². The highest BCUT2D eigenvalue weighted by Crippen LogP contribution is 2.28. The average Bonchev–Trinajstić information content (AvgIpc) is 3.56. The van der Waals surface area contributed by atoms with Crippen LogP contribution in [0.2, 0.25) is 0 Å². The van der Waals surface area contributed by atoms with E-state index in [9.17, 15) is 4.79 Å². The second kappa shape index (κ2) is 9.24. The molecule has 0 atom stereocenters. The first-order chi connectivity index (χ1) is 15.8. The molecular formula is C26H24N4OS. The van der Waals surface area contributed by atoms with E-state index in [0.717, 1.165) is 35.5 Å². The van der Waals surface area contributed by atoms with Crippen molar-refractivity contribution >= 4 is 28.1 Å². The lowest BCUT2D eigenvalue weighted by atomic mass is 10.0. The lowest BCUT2D eigenvalue weighted by Crippen LogP contribution is -2.29. The largest absolute Gasteiger partial charge is 0.372 e. The van der Waals surface area contributed by atoms with Crippen molar-refractivity contribution in [2.24, 2.45) is 0 Å². The Morgan fingerprint density at radius 3 is 2.19 bits per heavy atom. The fourth-order valence-corrected chi connectivity index (χ4v) is 4.58. The first-order valence-corrected chi connectivity index (χ1v) is 11.7. The minimum absolute atomic E-state index is 0.198. The highest BCUT2D eigenvalue weighted by Gasteiger charge is 2.13. The Morgan fingerprint density at radius 1 is 0.812 bits per heavy atom. The summed E-state index contributed by atoms with van der Waals surface area (Å²) in [4.78, 5) is 19.5. The Bertz CT molecular complexity index is 1180. The number of hydrogen-bond donors (Lipinski definition) is 2. The van der Waals surface area contributed by atoms with Gasteiger partial charge in [-0.3, -0.25) is 15.6 Å². The molecule has 32 heavy (non-hydrogen) atoms. The first kappa shape index (κ1) is 20.3. The van der Waals surface area contributed by atoms with E-state index in [2.05, 4.69) is 57.1 Å². The molecule has 0 saturated carbocycles. The fraction of sp³-hybridized carbons (Fsp3) is 0.154. The molecule has 1 amide bonds. The number of nitrogens with zero attached hydrogens (tertiary/aromatic N) is 2. The molecule has 3 aromatic carbocycles. The molecule has 2 N–H and O–H groups in total. The average molecular weight is 441 g/mol. The maximum atomic E-state index is 12.5. The Kier molecular flexibility index (Phi) is 5.85. The third kappa shape index (κ3) is 4.50. The molecule has 0 unspecified atom stereocenters. The van der Waals surface area contributed by atoms with Crippen molar-refractivity contribution in [1.82, 2.24) is 10.4 Å². The molecule has 160 valence electrons. The van der Waals surface area contributed by atoms with Crippen LogP contribution in [0.3, 0.4) is 0 Å². The SMILES string of the molecule is O=C(NNc1nc(-c2ccc(N3CCCC3)cc2)cs1)c1ccc(-c2ccccc2)cc1. The van der Waals surface area contributed by atoms with Crippen LogP contribution in [-0.4, -0.2) is 24.0 Å². The third-order valence-electron chi connectivity index (χ3n) is 5.68. The lowest BCUT2D eigenvalue weighted by molar-refractivity contribution is 0.0962. The number of anilines is 2. The molecule has 0 bridgehead atoms. The summed E-state index contributed by atoms with van der Waals surface area (Å²) in [6.07, 6.45) is 2.54. The van der Waals surface area contributed by atoms with E-state index in [4.69, 9.17) is 0 Å². The number of amides is 1. The van der Waals surface area contributed by atoms with Gasteiger partial charge in [-0.25, -0.2) is 4.98 Å². The second-order valence-corrected chi connectivity index (χ2v) is 8.66. The van der Waals surface area contributed by atoms with E-state index >= 15 is 0 Å². The molecule has 1 saturated heterocycles. The van der Waals surface area contributed by atoms with Crippen LogP contribution in [0.25, 0.3) is 22.4 Å².